The summed E-state index contributed by atoms with van der Waals surface area (Å²) in [7, 11) is 1.64. The third-order valence-electron chi connectivity index (χ3n) is 3.30. The van der Waals surface area contributed by atoms with E-state index in [1.54, 1.807) is 14.0 Å². The fourth-order valence-corrected chi connectivity index (χ4v) is 2.02. The number of nitrogens with one attached hydrogen (secondary N) is 1. The Labute approximate surface area is 131 Å². The molecule has 1 atom stereocenters. The van der Waals surface area contributed by atoms with E-state index in [9.17, 15) is 4.79 Å². The lowest BCUT2D eigenvalue weighted by molar-refractivity contribution is -0.127. The van der Waals surface area contributed by atoms with E-state index in [1.165, 1.54) is 0 Å². The number of para-hydroxylation sites is 1. The molecule has 22 heavy (non-hydrogen) atoms. The third kappa shape index (κ3) is 4.81. The molecular formula is C18H21NO3. The van der Waals surface area contributed by atoms with Crippen molar-refractivity contribution in [3.63, 3.8) is 0 Å². The summed E-state index contributed by atoms with van der Waals surface area (Å²) in [6, 6.07) is 17.2. The van der Waals surface area contributed by atoms with Crippen molar-refractivity contribution < 1.29 is 14.3 Å². The van der Waals surface area contributed by atoms with Gasteiger partial charge in [0.05, 0.1) is 7.11 Å². The first-order valence-corrected chi connectivity index (χ1v) is 7.31. The van der Waals surface area contributed by atoms with E-state index in [2.05, 4.69) is 5.32 Å². The lowest BCUT2D eigenvalue weighted by atomic mass is 10.1. The summed E-state index contributed by atoms with van der Waals surface area (Å²) in [4.78, 5) is 12.0. The molecule has 4 heteroatoms. The molecule has 2 aromatic rings. The normalized spacial score (nSPS) is 11.5. The minimum absolute atomic E-state index is 0.114. The van der Waals surface area contributed by atoms with Crippen molar-refractivity contribution >= 4 is 5.91 Å². The summed E-state index contributed by atoms with van der Waals surface area (Å²) in [5.74, 6) is 1.41. The van der Waals surface area contributed by atoms with E-state index in [0.29, 0.717) is 12.3 Å². The molecule has 0 saturated heterocycles. The van der Waals surface area contributed by atoms with Gasteiger partial charge in [-0.15, -0.1) is 0 Å². The Balaban J connectivity index is 1.74. The Morgan fingerprint density at radius 1 is 1.05 bits per heavy atom. The van der Waals surface area contributed by atoms with Crippen LogP contribution in [0.5, 0.6) is 11.5 Å². The van der Waals surface area contributed by atoms with E-state index in [-0.39, 0.29) is 5.91 Å². The molecule has 1 N–H and O–H groups in total. The van der Waals surface area contributed by atoms with Crippen LogP contribution in [0.4, 0.5) is 0 Å². The highest BCUT2D eigenvalue weighted by atomic mass is 16.5. The van der Waals surface area contributed by atoms with Crippen LogP contribution in [0.25, 0.3) is 0 Å². The fourth-order valence-electron chi connectivity index (χ4n) is 2.02. The van der Waals surface area contributed by atoms with Crippen molar-refractivity contribution in [1.82, 2.24) is 5.32 Å². The molecule has 2 aromatic carbocycles. The summed E-state index contributed by atoms with van der Waals surface area (Å²) in [6.45, 7) is 2.32. The molecular weight excluding hydrogens is 278 g/mol. The molecule has 1 amide bonds. The number of rotatable bonds is 7. The number of hydrogen-bond donors (Lipinski definition) is 1. The average molecular weight is 299 g/mol. The Hall–Kier alpha value is -2.49. The largest absolute Gasteiger partial charge is 0.497 e. The quantitative estimate of drug-likeness (QED) is 0.855. The standard InChI is InChI=1S/C18H21NO3/c1-14(22-17-6-4-3-5-7-17)18(20)19-13-12-15-8-10-16(21-2)11-9-15/h3-11,14H,12-13H2,1-2H3,(H,19,20). The van der Waals surface area contributed by atoms with Crippen molar-refractivity contribution in [2.75, 3.05) is 13.7 Å². The van der Waals surface area contributed by atoms with Crippen LogP contribution in [0.15, 0.2) is 54.6 Å². The molecule has 0 heterocycles. The molecule has 0 aliphatic rings. The Bertz CT molecular complexity index is 581. The fraction of sp³-hybridized carbons (Fsp3) is 0.278. The van der Waals surface area contributed by atoms with Crippen molar-refractivity contribution in [3.05, 3.63) is 60.2 Å². The number of carbonyl (C=O) groups is 1. The van der Waals surface area contributed by atoms with E-state index in [1.807, 2.05) is 54.6 Å². The van der Waals surface area contributed by atoms with E-state index in [0.717, 1.165) is 17.7 Å². The molecule has 2 rings (SSSR count). The van der Waals surface area contributed by atoms with Crippen LogP contribution in [0.3, 0.4) is 0 Å². The maximum Gasteiger partial charge on any atom is 0.260 e. The second-order valence-electron chi connectivity index (χ2n) is 4.96. The van der Waals surface area contributed by atoms with Gasteiger partial charge in [-0.2, -0.15) is 0 Å². The van der Waals surface area contributed by atoms with Gasteiger partial charge >= 0.3 is 0 Å². The second kappa shape index (κ2) is 8.08. The summed E-state index contributed by atoms with van der Waals surface area (Å²) < 4.78 is 10.7. The smallest absolute Gasteiger partial charge is 0.260 e. The van der Waals surface area contributed by atoms with Crippen LogP contribution in [0.1, 0.15) is 12.5 Å². The molecule has 0 aliphatic heterocycles. The van der Waals surface area contributed by atoms with Crippen LogP contribution in [-0.4, -0.2) is 25.7 Å². The van der Waals surface area contributed by atoms with Gasteiger partial charge in [0.1, 0.15) is 11.5 Å². The van der Waals surface area contributed by atoms with Gasteiger partial charge in [0, 0.05) is 6.54 Å². The van der Waals surface area contributed by atoms with Crippen LogP contribution < -0.4 is 14.8 Å². The molecule has 0 aliphatic carbocycles. The van der Waals surface area contributed by atoms with Crippen molar-refractivity contribution in [2.24, 2.45) is 0 Å². The highest BCUT2D eigenvalue weighted by Crippen LogP contribution is 2.12. The van der Waals surface area contributed by atoms with Crippen molar-refractivity contribution in [3.8, 4) is 11.5 Å². The highest BCUT2D eigenvalue weighted by molar-refractivity contribution is 5.80. The van der Waals surface area contributed by atoms with Gasteiger partial charge in [-0.25, -0.2) is 0 Å². The van der Waals surface area contributed by atoms with Crippen molar-refractivity contribution in [1.29, 1.82) is 0 Å². The van der Waals surface area contributed by atoms with Crippen LogP contribution >= 0.6 is 0 Å². The summed E-state index contributed by atoms with van der Waals surface area (Å²) in [5.41, 5.74) is 1.15. The summed E-state index contributed by atoms with van der Waals surface area (Å²) in [5, 5.41) is 2.88. The number of methoxy groups -OCH3 is 1. The zero-order chi connectivity index (χ0) is 15.8. The van der Waals surface area contributed by atoms with Gasteiger partial charge in [-0.1, -0.05) is 30.3 Å². The number of benzene rings is 2. The van der Waals surface area contributed by atoms with Gasteiger partial charge in [-0.3, -0.25) is 4.79 Å². The minimum atomic E-state index is -0.515. The van der Waals surface area contributed by atoms with E-state index < -0.39 is 6.10 Å². The summed E-state index contributed by atoms with van der Waals surface area (Å²) >= 11 is 0. The number of ether oxygens (including phenoxy) is 2. The average Bonchev–Trinajstić information content (AvgIpc) is 2.56. The first-order chi connectivity index (χ1) is 10.7. The molecule has 0 saturated carbocycles. The predicted molar refractivity (Wildman–Crippen MR) is 86.2 cm³/mol. The molecule has 0 fully saturated rings. The minimum Gasteiger partial charge on any atom is -0.497 e. The highest BCUT2D eigenvalue weighted by Gasteiger charge is 2.13. The SMILES string of the molecule is COc1ccc(CCNC(=O)C(C)Oc2ccccc2)cc1. The zero-order valence-electron chi connectivity index (χ0n) is 12.9. The lowest BCUT2D eigenvalue weighted by Gasteiger charge is -2.14. The molecule has 0 aromatic heterocycles. The first-order valence-electron chi connectivity index (χ1n) is 7.31. The number of amides is 1. The first kappa shape index (κ1) is 15.9. The van der Waals surface area contributed by atoms with E-state index in [4.69, 9.17) is 9.47 Å². The second-order valence-corrected chi connectivity index (χ2v) is 4.96. The molecule has 1 unspecified atom stereocenters. The predicted octanol–water partition coefficient (Wildman–Crippen LogP) is 2.82. The number of hydrogen-bond acceptors (Lipinski definition) is 3. The number of carbonyl (C=O) groups excluding carboxylic acids is 1. The third-order valence-corrected chi connectivity index (χ3v) is 3.30. The van der Waals surface area contributed by atoms with Gasteiger partial charge < -0.3 is 14.8 Å². The molecule has 4 nitrogen and oxygen atoms in total. The van der Waals surface area contributed by atoms with Gasteiger partial charge in [0.15, 0.2) is 6.10 Å². The van der Waals surface area contributed by atoms with Crippen LogP contribution in [-0.2, 0) is 11.2 Å². The lowest BCUT2D eigenvalue weighted by Crippen LogP contribution is -2.37. The molecule has 0 radical (unpaired) electrons. The van der Waals surface area contributed by atoms with Crippen LogP contribution in [0, 0.1) is 0 Å². The van der Waals surface area contributed by atoms with Crippen LogP contribution in [0.2, 0.25) is 0 Å². The Morgan fingerprint density at radius 3 is 2.36 bits per heavy atom. The monoisotopic (exact) mass is 299 g/mol. The van der Waals surface area contributed by atoms with Gasteiger partial charge in [0.2, 0.25) is 0 Å². The zero-order valence-corrected chi connectivity index (χ0v) is 12.9. The molecule has 116 valence electrons. The Morgan fingerprint density at radius 2 is 1.73 bits per heavy atom. The Kier molecular flexibility index (Phi) is 5.83. The molecule has 0 bridgehead atoms. The van der Waals surface area contributed by atoms with Crippen molar-refractivity contribution in [2.45, 2.75) is 19.4 Å². The van der Waals surface area contributed by atoms with Gasteiger partial charge in [-0.05, 0) is 43.2 Å². The maximum atomic E-state index is 12.0. The topological polar surface area (TPSA) is 47.6 Å². The molecule has 0 spiro atoms. The van der Waals surface area contributed by atoms with Gasteiger partial charge in [0.25, 0.3) is 5.91 Å². The van der Waals surface area contributed by atoms with E-state index >= 15 is 0 Å². The maximum absolute atomic E-state index is 12.0. The summed E-state index contributed by atoms with van der Waals surface area (Å²) in [6.07, 6.45) is 0.256.